The van der Waals surface area contributed by atoms with Crippen LogP contribution < -0.4 is 10.0 Å². The van der Waals surface area contributed by atoms with Crippen molar-refractivity contribution in [1.82, 2.24) is 14.9 Å². The number of hydrogen-bond acceptors (Lipinski definition) is 4. The van der Waals surface area contributed by atoms with Crippen LogP contribution in [0.3, 0.4) is 0 Å². The van der Waals surface area contributed by atoms with Gasteiger partial charge < -0.3 is 5.32 Å². The van der Waals surface area contributed by atoms with Crippen LogP contribution in [-0.2, 0) is 10.0 Å². The van der Waals surface area contributed by atoms with Crippen LogP contribution >= 0.6 is 0 Å². The molecule has 1 heterocycles. The summed E-state index contributed by atoms with van der Waals surface area (Å²) in [6, 6.07) is 0.566. The van der Waals surface area contributed by atoms with Gasteiger partial charge in [0.1, 0.15) is 0 Å². The molecule has 0 radical (unpaired) electrons. The summed E-state index contributed by atoms with van der Waals surface area (Å²) < 4.78 is 24.3. The molecule has 2 N–H and O–H groups in total. The Labute approximate surface area is 92.3 Å². The van der Waals surface area contributed by atoms with Gasteiger partial charge in [0.25, 0.3) is 0 Å². The lowest BCUT2D eigenvalue weighted by Crippen LogP contribution is -2.41. The van der Waals surface area contributed by atoms with E-state index in [2.05, 4.69) is 14.9 Å². The van der Waals surface area contributed by atoms with Gasteiger partial charge in [-0.2, -0.15) is 0 Å². The molecule has 0 bridgehead atoms. The van der Waals surface area contributed by atoms with Crippen LogP contribution in [0.4, 0.5) is 0 Å². The fourth-order valence-electron chi connectivity index (χ4n) is 2.03. The first-order valence-corrected chi connectivity index (χ1v) is 7.25. The largest absolute Gasteiger partial charge is 0.318 e. The normalized spacial score (nSPS) is 23.5. The van der Waals surface area contributed by atoms with E-state index in [-0.39, 0.29) is 0 Å². The molecular formula is C9H21N3O2S. The van der Waals surface area contributed by atoms with Crippen LogP contribution in [0, 0.1) is 0 Å². The number of nitrogens with one attached hydrogen (secondary N) is 2. The monoisotopic (exact) mass is 235 g/mol. The molecule has 1 aliphatic heterocycles. The summed E-state index contributed by atoms with van der Waals surface area (Å²) in [4.78, 5) is 2.34. The van der Waals surface area contributed by atoms with Gasteiger partial charge in [-0.15, -0.1) is 0 Å². The highest BCUT2D eigenvalue weighted by Crippen LogP contribution is 2.15. The Hall–Kier alpha value is -0.170. The molecule has 1 unspecified atom stereocenters. The van der Waals surface area contributed by atoms with Crippen molar-refractivity contribution in [3.05, 3.63) is 0 Å². The molecule has 1 atom stereocenters. The van der Waals surface area contributed by atoms with E-state index in [1.165, 1.54) is 19.1 Å². The fourth-order valence-corrected chi connectivity index (χ4v) is 2.49. The van der Waals surface area contributed by atoms with E-state index in [1.54, 1.807) is 0 Å². The predicted octanol–water partition coefficient (Wildman–Crippen LogP) is -0.781. The number of likely N-dealkylation sites (tertiary alicyclic amines) is 1. The average molecular weight is 235 g/mol. The lowest BCUT2D eigenvalue weighted by Gasteiger charge is -2.23. The molecule has 0 amide bonds. The van der Waals surface area contributed by atoms with E-state index in [9.17, 15) is 8.42 Å². The Morgan fingerprint density at radius 2 is 2.20 bits per heavy atom. The first-order valence-electron chi connectivity index (χ1n) is 5.36. The molecule has 6 heteroatoms. The van der Waals surface area contributed by atoms with Crippen LogP contribution in [0.1, 0.15) is 12.8 Å². The summed E-state index contributed by atoms with van der Waals surface area (Å²) >= 11 is 0. The van der Waals surface area contributed by atoms with Gasteiger partial charge >= 0.3 is 0 Å². The third kappa shape index (κ3) is 4.92. The first-order chi connectivity index (χ1) is 7.03. The zero-order chi connectivity index (χ0) is 11.3. The third-order valence-electron chi connectivity index (χ3n) is 2.70. The van der Waals surface area contributed by atoms with E-state index < -0.39 is 10.0 Å². The molecule has 0 aliphatic carbocycles. The van der Waals surface area contributed by atoms with Crippen molar-refractivity contribution in [2.75, 3.05) is 39.5 Å². The van der Waals surface area contributed by atoms with E-state index >= 15 is 0 Å². The van der Waals surface area contributed by atoms with Crippen LogP contribution in [0.25, 0.3) is 0 Å². The highest BCUT2D eigenvalue weighted by molar-refractivity contribution is 7.88. The predicted molar refractivity (Wildman–Crippen MR) is 61.4 cm³/mol. The van der Waals surface area contributed by atoms with Crippen molar-refractivity contribution >= 4 is 10.0 Å². The van der Waals surface area contributed by atoms with Crippen LogP contribution in [-0.4, -0.2) is 58.8 Å². The summed E-state index contributed by atoms with van der Waals surface area (Å²) in [7, 11) is -1.09. The van der Waals surface area contributed by atoms with E-state index in [0.717, 1.165) is 19.6 Å². The minimum absolute atomic E-state index is 0.513. The summed E-state index contributed by atoms with van der Waals surface area (Å²) in [5.41, 5.74) is 0. The molecule has 90 valence electrons. The van der Waals surface area contributed by atoms with Gasteiger partial charge in [-0.25, -0.2) is 13.1 Å². The molecule has 0 aromatic heterocycles. The second-order valence-corrected chi connectivity index (χ2v) is 5.89. The molecule has 0 spiro atoms. The van der Waals surface area contributed by atoms with E-state index in [4.69, 9.17) is 0 Å². The standard InChI is InChI=1S/C9H21N3O2S/c1-10-8-9-4-3-6-12(9)7-5-11-15(2,13)14/h9-11H,3-8H2,1-2H3. The van der Waals surface area contributed by atoms with Crippen molar-refractivity contribution in [2.45, 2.75) is 18.9 Å². The van der Waals surface area contributed by atoms with Gasteiger partial charge in [-0.1, -0.05) is 0 Å². The lowest BCUT2D eigenvalue weighted by atomic mass is 10.2. The Morgan fingerprint density at radius 1 is 1.47 bits per heavy atom. The maximum Gasteiger partial charge on any atom is 0.208 e. The second kappa shape index (κ2) is 5.79. The van der Waals surface area contributed by atoms with Crippen molar-refractivity contribution in [3.8, 4) is 0 Å². The van der Waals surface area contributed by atoms with E-state index in [0.29, 0.717) is 12.6 Å². The number of likely N-dealkylation sites (N-methyl/N-ethyl adjacent to an activating group) is 1. The van der Waals surface area contributed by atoms with Gasteiger partial charge in [0.05, 0.1) is 6.26 Å². The van der Waals surface area contributed by atoms with Crippen molar-refractivity contribution in [2.24, 2.45) is 0 Å². The highest BCUT2D eigenvalue weighted by Gasteiger charge is 2.23. The summed E-state index contributed by atoms with van der Waals surface area (Å²) in [6.45, 7) is 3.38. The van der Waals surface area contributed by atoms with E-state index in [1.807, 2.05) is 7.05 Å². The van der Waals surface area contributed by atoms with Gasteiger partial charge in [0.15, 0.2) is 0 Å². The Morgan fingerprint density at radius 3 is 2.80 bits per heavy atom. The van der Waals surface area contributed by atoms with Gasteiger partial charge in [0.2, 0.25) is 10.0 Å². The van der Waals surface area contributed by atoms with Gasteiger partial charge in [0, 0.05) is 25.7 Å². The number of rotatable bonds is 6. The fraction of sp³-hybridized carbons (Fsp3) is 1.00. The van der Waals surface area contributed by atoms with Crippen molar-refractivity contribution in [1.29, 1.82) is 0 Å². The topological polar surface area (TPSA) is 61.4 Å². The maximum atomic E-state index is 10.9. The molecule has 1 saturated heterocycles. The highest BCUT2D eigenvalue weighted by atomic mass is 32.2. The zero-order valence-electron chi connectivity index (χ0n) is 9.49. The molecule has 1 rings (SSSR count). The molecule has 5 nitrogen and oxygen atoms in total. The molecule has 1 fully saturated rings. The molecule has 1 aliphatic rings. The molecule has 0 aromatic rings. The Balaban J connectivity index is 2.25. The third-order valence-corrected chi connectivity index (χ3v) is 3.43. The second-order valence-electron chi connectivity index (χ2n) is 4.06. The number of nitrogens with zero attached hydrogens (tertiary/aromatic N) is 1. The SMILES string of the molecule is CNCC1CCCN1CCNS(C)(=O)=O. The number of sulfonamides is 1. The quantitative estimate of drug-likeness (QED) is 0.634. The minimum atomic E-state index is -3.04. The van der Waals surface area contributed by atoms with Crippen LogP contribution in [0.5, 0.6) is 0 Å². The van der Waals surface area contributed by atoms with Crippen LogP contribution in [0.15, 0.2) is 0 Å². The smallest absolute Gasteiger partial charge is 0.208 e. The van der Waals surface area contributed by atoms with Crippen LogP contribution in [0.2, 0.25) is 0 Å². The Bertz CT molecular complexity index is 279. The lowest BCUT2D eigenvalue weighted by molar-refractivity contribution is 0.255. The molecular weight excluding hydrogens is 214 g/mol. The van der Waals surface area contributed by atoms with Crippen molar-refractivity contribution in [3.63, 3.8) is 0 Å². The minimum Gasteiger partial charge on any atom is -0.318 e. The summed E-state index contributed by atoms with van der Waals surface area (Å²) in [5.74, 6) is 0. The summed E-state index contributed by atoms with van der Waals surface area (Å²) in [5, 5.41) is 3.17. The van der Waals surface area contributed by atoms with Crippen molar-refractivity contribution < 1.29 is 8.42 Å². The molecule has 0 aromatic carbocycles. The first kappa shape index (κ1) is 12.9. The molecule has 15 heavy (non-hydrogen) atoms. The average Bonchev–Trinajstić information content (AvgIpc) is 2.51. The Kier molecular flexibility index (Phi) is 4.98. The maximum absolute atomic E-state index is 10.9. The summed E-state index contributed by atoms with van der Waals surface area (Å²) in [6.07, 6.45) is 3.62. The zero-order valence-corrected chi connectivity index (χ0v) is 10.3. The molecule has 0 saturated carbocycles. The van der Waals surface area contributed by atoms with Gasteiger partial charge in [-0.3, -0.25) is 4.90 Å². The number of hydrogen-bond donors (Lipinski definition) is 2. The van der Waals surface area contributed by atoms with Gasteiger partial charge in [-0.05, 0) is 26.4 Å².